The van der Waals surface area contributed by atoms with Gasteiger partial charge in [-0.1, -0.05) is 30.3 Å². The Labute approximate surface area is 149 Å². The maximum absolute atomic E-state index is 13.0. The number of aryl methyl sites for hydroxylation is 1. The lowest BCUT2D eigenvalue weighted by atomic mass is 10.1. The predicted molar refractivity (Wildman–Crippen MR) is 98.6 cm³/mol. The molecular weight excluding hydrogens is 314 g/mol. The molecular formula is C20H25N3O2. The molecule has 1 aromatic heterocycles. The van der Waals surface area contributed by atoms with Crippen molar-refractivity contribution in [1.29, 1.82) is 0 Å². The Bertz CT molecular complexity index is 705. The first-order chi connectivity index (χ1) is 12.2. The van der Waals surface area contributed by atoms with E-state index in [1.54, 1.807) is 7.11 Å². The quantitative estimate of drug-likeness (QED) is 0.859. The summed E-state index contributed by atoms with van der Waals surface area (Å²) in [6, 6.07) is 13.8. The number of carbonyl (C=O) groups is 1. The third-order valence-corrected chi connectivity index (χ3v) is 4.62. The smallest absolute Gasteiger partial charge is 0.256 e. The molecule has 1 atom stereocenters. The van der Waals surface area contributed by atoms with Crippen molar-refractivity contribution in [2.75, 3.05) is 38.2 Å². The van der Waals surface area contributed by atoms with Gasteiger partial charge in [0, 0.05) is 50.9 Å². The molecule has 0 N–H and O–H groups in total. The van der Waals surface area contributed by atoms with E-state index in [0.29, 0.717) is 6.54 Å². The maximum atomic E-state index is 13.0. The van der Waals surface area contributed by atoms with Crippen molar-refractivity contribution < 1.29 is 9.53 Å². The van der Waals surface area contributed by atoms with Crippen LogP contribution in [0.25, 0.3) is 0 Å². The topological polar surface area (TPSA) is 45.7 Å². The van der Waals surface area contributed by atoms with E-state index in [1.807, 2.05) is 54.4 Å². The second-order valence-electron chi connectivity index (χ2n) is 6.35. The molecule has 1 saturated heterocycles. The number of hydrogen-bond donors (Lipinski definition) is 0. The van der Waals surface area contributed by atoms with Gasteiger partial charge in [0.05, 0.1) is 0 Å². The maximum Gasteiger partial charge on any atom is 0.256 e. The Kier molecular flexibility index (Phi) is 5.66. The third-order valence-electron chi connectivity index (χ3n) is 4.62. The average molecular weight is 339 g/mol. The molecule has 1 aliphatic rings. The Hall–Kier alpha value is -2.40. The van der Waals surface area contributed by atoms with Gasteiger partial charge < -0.3 is 14.5 Å². The van der Waals surface area contributed by atoms with Gasteiger partial charge in [-0.15, -0.1) is 0 Å². The van der Waals surface area contributed by atoms with Gasteiger partial charge in [-0.05, 0) is 31.0 Å². The van der Waals surface area contributed by atoms with E-state index < -0.39 is 6.10 Å². The van der Waals surface area contributed by atoms with Crippen LogP contribution in [-0.2, 0) is 9.53 Å². The molecule has 0 radical (unpaired) electrons. The largest absolute Gasteiger partial charge is 0.370 e. The van der Waals surface area contributed by atoms with Gasteiger partial charge in [-0.2, -0.15) is 0 Å². The van der Waals surface area contributed by atoms with Crippen LogP contribution >= 0.6 is 0 Å². The molecule has 132 valence electrons. The fraction of sp³-hybridized carbons (Fsp3) is 0.400. The first kappa shape index (κ1) is 17.4. The van der Waals surface area contributed by atoms with Crippen molar-refractivity contribution in [3.05, 3.63) is 59.9 Å². The van der Waals surface area contributed by atoms with Crippen molar-refractivity contribution in [2.45, 2.75) is 19.4 Å². The minimum absolute atomic E-state index is 0.0430. The highest BCUT2D eigenvalue weighted by Gasteiger charge is 2.27. The third kappa shape index (κ3) is 4.17. The molecule has 0 aliphatic carbocycles. The highest BCUT2D eigenvalue weighted by Crippen LogP contribution is 2.22. The summed E-state index contributed by atoms with van der Waals surface area (Å²) >= 11 is 0. The number of amides is 1. The summed E-state index contributed by atoms with van der Waals surface area (Å²) in [5.74, 6) is 0.0430. The van der Waals surface area contributed by atoms with Crippen molar-refractivity contribution in [3.8, 4) is 0 Å². The minimum Gasteiger partial charge on any atom is -0.370 e. The highest BCUT2D eigenvalue weighted by atomic mass is 16.5. The highest BCUT2D eigenvalue weighted by molar-refractivity contribution is 5.82. The molecule has 25 heavy (non-hydrogen) atoms. The lowest BCUT2D eigenvalue weighted by Gasteiger charge is -2.26. The molecule has 0 saturated carbocycles. The van der Waals surface area contributed by atoms with Crippen LogP contribution in [0.3, 0.4) is 0 Å². The van der Waals surface area contributed by atoms with Crippen LogP contribution in [0.15, 0.2) is 48.7 Å². The Morgan fingerprint density at radius 2 is 1.92 bits per heavy atom. The van der Waals surface area contributed by atoms with Gasteiger partial charge in [0.25, 0.3) is 5.91 Å². The molecule has 0 unspecified atom stereocenters. The van der Waals surface area contributed by atoms with E-state index >= 15 is 0 Å². The second kappa shape index (κ2) is 8.12. The number of ether oxygens (including phenoxy) is 1. The number of aromatic nitrogens is 1. The monoisotopic (exact) mass is 339 g/mol. The van der Waals surface area contributed by atoms with Crippen LogP contribution in [0.4, 0.5) is 5.69 Å². The van der Waals surface area contributed by atoms with Crippen LogP contribution in [0.5, 0.6) is 0 Å². The summed E-state index contributed by atoms with van der Waals surface area (Å²) in [5.41, 5.74) is 3.09. The summed E-state index contributed by atoms with van der Waals surface area (Å²) in [7, 11) is 1.60. The summed E-state index contributed by atoms with van der Waals surface area (Å²) in [5, 5.41) is 0. The number of benzene rings is 1. The fourth-order valence-corrected chi connectivity index (χ4v) is 3.30. The van der Waals surface area contributed by atoms with Crippen LogP contribution in [0.2, 0.25) is 0 Å². The van der Waals surface area contributed by atoms with Crippen LogP contribution in [0, 0.1) is 6.92 Å². The molecule has 1 aromatic carbocycles. The first-order valence-corrected chi connectivity index (χ1v) is 8.73. The van der Waals surface area contributed by atoms with Crippen molar-refractivity contribution in [1.82, 2.24) is 9.88 Å². The average Bonchev–Trinajstić information content (AvgIpc) is 2.89. The van der Waals surface area contributed by atoms with E-state index in [2.05, 4.69) is 16.0 Å². The molecule has 5 nitrogen and oxygen atoms in total. The molecule has 2 heterocycles. The number of nitrogens with zero attached hydrogens (tertiary/aromatic N) is 3. The normalized spacial score (nSPS) is 16.4. The summed E-state index contributed by atoms with van der Waals surface area (Å²) < 4.78 is 5.51. The van der Waals surface area contributed by atoms with E-state index in [-0.39, 0.29) is 5.91 Å². The number of rotatable bonds is 4. The number of hydrogen-bond acceptors (Lipinski definition) is 4. The van der Waals surface area contributed by atoms with E-state index in [0.717, 1.165) is 37.3 Å². The van der Waals surface area contributed by atoms with Gasteiger partial charge >= 0.3 is 0 Å². The zero-order valence-corrected chi connectivity index (χ0v) is 14.9. The van der Waals surface area contributed by atoms with Gasteiger partial charge in [0.2, 0.25) is 0 Å². The summed E-state index contributed by atoms with van der Waals surface area (Å²) in [6.07, 6.45) is 2.25. The van der Waals surface area contributed by atoms with E-state index in [4.69, 9.17) is 4.74 Å². The Morgan fingerprint density at radius 3 is 2.64 bits per heavy atom. The standard InChI is InChI=1S/C20H25N3O2/c1-16-15-18(9-10-21-16)22-11-6-12-23(14-13-22)20(24)19(25-2)17-7-4-3-5-8-17/h3-5,7-10,15,19H,6,11-14H2,1-2H3/t19-/m1/s1. The molecule has 2 aromatic rings. The molecule has 1 fully saturated rings. The van der Waals surface area contributed by atoms with Crippen molar-refractivity contribution in [2.24, 2.45) is 0 Å². The minimum atomic E-state index is -0.532. The zero-order chi connectivity index (χ0) is 17.6. The molecule has 5 heteroatoms. The number of anilines is 1. The van der Waals surface area contributed by atoms with Crippen molar-refractivity contribution >= 4 is 11.6 Å². The Balaban J connectivity index is 1.69. The number of methoxy groups -OCH3 is 1. The molecule has 0 bridgehead atoms. The van der Waals surface area contributed by atoms with Gasteiger partial charge in [-0.3, -0.25) is 9.78 Å². The van der Waals surface area contributed by atoms with E-state index in [1.165, 1.54) is 5.69 Å². The number of pyridine rings is 1. The molecule has 0 spiro atoms. The SMILES string of the molecule is CO[C@@H](C(=O)N1CCCN(c2ccnc(C)c2)CC1)c1ccccc1. The zero-order valence-electron chi connectivity index (χ0n) is 14.9. The second-order valence-corrected chi connectivity index (χ2v) is 6.35. The molecule has 3 rings (SSSR count). The van der Waals surface area contributed by atoms with Crippen LogP contribution in [0.1, 0.15) is 23.8 Å². The van der Waals surface area contributed by atoms with Gasteiger partial charge in [-0.25, -0.2) is 0 Å². The molecule has 1 amide bonds. The van der Waals surface area contributed by atoms with Crippen LogP contribution < -0.4 is 4.90 Å². The predicted octanol–water partition coefficient (Wildman–Crippen LogP) is 2.82. The lowest BCUT2D eigenvalue weighted by molar-refractivity contribution is -0.142. The van der Waals surface area contributed by atoms with Gasteiger partial charge in [0.15, 0.2) is 6.10 Å². The first-order valence-electron chi connectivity index (χ1n) is 8.73. The Morgan fingerprint density at radius 1 is 1.12 bits per heavy atom. The van der Waals surface area contributed by atoms with Crippen molar-refractivity contribution in [3.63, 3.8) is 0 Å². The summed E-state index contributed by atoms with van der Waals surface area (Å²) in [6.45, 7) is 5.22. The molecule has 1 aliphatic heterocycles. The summed E-state index contributed by atoms with van der Waals surface area (Å²) in [4.78, 5) is 21.5. The lowest BCUT2D eigenvalue weighted by Crippen LogP contribution is -2.38. The van der Waals surface area contributed by atoms with Crippen LogP contribution in [-0.4, -0.2) is 49.1 Å². The number of carbonyl (C=O) groups excluding carboxylic acids is 1. The van der Waals surface area contributed by atoms with Gasteiger partial charge in [0.1, 0.15) is 0 Å². The van der Waals surface area contributed by atoms with E-state index in [9.17, 15) is 4.79 Å². The fourth-order valence-electron chi connectivity index (χ4n) is 3.30.